The quantitative estimate of drug-likeness (QED) is 0.667. The van der Waals surface area contributed by atoms with E-state index in [0.29, 0.717) is 10.6 Å². The zero-order valence-corrected chi connectivity index (χ0v) is 13.8. The van der Waals surface area contributed by atoms with Crippen LogP contribution in [0.25, 0.3) is 11.3 Å². The molecule has 0 unspecified atom stereocenters. The van der Waals surface area contributed by atoms with Crippen LogP contribution in [0.15, 0.2) is 54.6 Å². The van der Waals surface area contributed by atoms with Crippen LogP contribution in [-0.4, -0.2) is 15.5 Å². The summed E-state index contributed by atoms with van der Waals surface area (Å²) in [5.74, 6) is -0.190. The van der Waals surface area contributed by atoms with Gasteiger partial charge in [0.2, 0.25) is 0 Å². The maximum Gasteiger partial charge on any atom is 0.269 e. The standard InChI is InChI=1S/C15H10IN3OS/c16-11-6-8-12(9-7-11)17-15(20)14-13(18-19-21-14)10-4-2-1-3-5-10/h1-9H,(H,17,20). The van der Waals surface area contributed by atoms with Crippen LogP contribution in [0.2, 0.25) is 0 Å². The summed E-state index contributed by atoms with van der Waals surface area (Å²) in [7, 11) is 0. The van der Waals surface area contributed by atoms with E-state index >= 15 is 0 Å². The smallest absolute Gasteiger partial charge is 0.269 e. The van der Waals surface area contributed by atoms with Gasteiger partial charge in [-0.2, -0.15) is 0 Å². The summed E-state index contributed by atoms with van der Waals surface area (Å²) >= 11 is 3.32. The molecule has 104 valence electrons. The lowest BCUT2D eigenvalue weighted by Gasteiger charge is -2.04. The zero-order chi connectivity index (χ0) is 14.7. The Bertz CT molecular complexity index is 756. The maximum atomic E-state index is 12.4. The van der Waals surface area contributed by atoms with E-state index in [0.717, 1.165) is 26.4 Å². The second-order valence-corrected chi connectivity index (χ2v) is 6.28. The highest BCUT2D eigenvalue weighted by Crippen LogP contribution is 2.24. The molecule has 1 aromatic heterocycles. The third-order valence-corrected chi connectivity index (χ3v) is 4.29. The second kappa shape index (κ2) is 6.31. The molecule has 4 nitrogen and oxygen atoms in total. The van der Waals surface area contributed by atoms with E-state index in [2.05, 4.69) is 37.5 Å². The fourth-order valence-electron chi connectivity index (χ4n) is 1.85. The van der Waals surface area contributed by atoms with Crippen LogP contribution in [0.5, 0.6) is 0 Å². The van der Waals surface area contributed by atoms with Gasteiger partial charge in [-0.15, -0.1) is 5.10 Å². The molecule has 0 aliphatic heterocycles. The molecule has 0 atom stereocenters. The first-order valence-electron chi connectivity index (χ1n) is 6.19. The molecule has 1 heterocycles. The molecule has 0 spiro atoms. The fraction of sp³-hybridized carbons (Fsp3) is 0. The predicted molar refractivity (Wildman–Crippen MR) is 92.5 cm³/mol. The topological polar surface area (TPSA) is 54.9 Å². The molecule has 0 saturated carbocycles. The van der Waals surface area contributed by atoms with E-state index in [1.807, 2.05) is 54.6 Å². The van der Waals surface area contributed by atoms with Crippen LogP contribution in [0.3, 0.4) is 0 Å². The predicted octanol–water partition coefficient (Wildman–Crippen LogP) is 4.06. The highest BCUT2D eigenvalue weighted by Gasteiger charge is 2.17. The number of carbonyl (C=O) groups is 1. The fourth-order valence-corrected chi connectivity index (χ4v) is 2.79. The molecule has 0 aliphatic rings. The highest BCUT2D eigenvalue weighted by atomic mass is 127. The average Bonchev–Trinajstić information content (AvgIpc) is 3.00. The number of nitrogens with one attached hydrogen (secondary N) is 1. The van der Waals surface area contributed by atoms with Crippen LogP contribution in [-0.2, 0) is 0 Å². The Morgan fingerprint density at radius 3 is 2.48 bits per heavy atom. The Balaban J connectivity index is 1.86. The van der Waals surface area contributed by atoms with Crippen molar-refractivity contribution in [3.63, 3.8) is 0 Å². The monoisotopic (exact) mass is 407 g/mol. The second-order valence-electron chi connectivity index (χ2n) is 4.28. The molecule has 0 radical (unpaired) electrons. The van der Waals surface area contributed by atoms with Gasteiger partial charge in [-0.3, -0.25) is 4.79 Å². The van der Waals surface area contributed by atoms with Crippen LogP contribution < -0.4 is 5.32 Å². The molecule has 1 amide bonds. The summed E-state index contributed by atoms with van der Waals surface area (Å²) in [6.45, 7) is 0. The number of carbonyl (C=O) groups excluding carboxylic acids is 1. The average molecular weight is 407 g/mol. The van der Waals surface area contributed by atoms with E-state index in [1.54, 1.807) is 0 Å². The van der Waals surface area contributed by atoms with Gasteiger partial charge in [0.05, 0.1) is 0 Å². The van der Waals surface area contributed by atoms with Crippen molar-refractivity contribution in [2.24, 2.45) is 0 Å². The number of nitrogens with zero attached hydrogens (tertiary/aromatic N) is 2. The van der Waals surface area contributed by atoms with Crippen molar-refractivity contribution in [3.8, 4) is 11.3 Å². The van der Waals surface area contributed by atoms with Crippen molar-refractivity contribution >= 4 is 45.7 Å². The Labute approximate surface area is 139 Å². The first-order chi connectivity index (χ1) is 10.2. The molecular formula is C15H10IN3OS. The van der Waals surface area contributed by atoms with Crippen LogP contribution >= 0.6 is 34.1 Å². The van der Waals surface area contributed by atoms with Gasteiger partial charge in [0.1, 0.15) is 10.6 Å². The van der Waals surface area contributed by atoms with Gasteiger partial charge in [0, 0.05) is 14.8 Å². The number of amides is 1. The lowest BCUT2D eigenvalue weighted by Crippen LogP contribution is -2.11. The summed E-state index contributed by atoms with van der Waals surface area (Å²) in [5, 5.41) is 6.94. The molecule has 0 bridgehead atoms. The van der Waals surface area contributed by atoms with Crippen molar-refractivity contribution in [2.45, 2.75) is 0 Å². The first kappa shape index (κ1) is 14.2. The molecule has 3 rings (SSSR count). The molecule has 6 heteroatoms. The van der Waals surface area contributed by atoms with E-state index in [9.17, 15) is 4.79 Å². The minimum atomic E-state index is -0.190. The Hall–Kier alpha value is -1.80. The van der Waals surface area contributed by atoms with Gasteiger partial charge in [-0.05, 0) is 58.4 Å². The SMILES string of the molecule is O=C(Nc1ccc(I)cc1)c1snnc1-c1ccccc1. The number of aromatic nitrogens is 2. The minimum Gasteiger partial charge on any atom is -0.321 e. The summed E-state index contributed by atoms with van der Waals surface area (Å²) < 4.78 is 5.03. The number of anilines is 1. The van der Waals surface area contributed by atoms with Gasteiger partial charge < -0.3 is 5.32 Å². The summed E-state index contributed by atoms with van der Waals surface area (Å²) in [5.41, 5.74) is 2.26. The van der Waals surface area contributed by atoms with Crippen LogP contribution in [0.1, 0.15) is 9.67 Å². The Morgan fingerprint density at radius 1 is 1.05 bits per heavy atom. The number of halogens is 1. The molecule has 0 aliphatic carbocycles. The summed E-state index contributed by atoms with van der Waals surface area (Å²) in [4.78, 5) is 12.9. The lowest BCUT2D eigenvalue weighted by molar-refractivity contribution is 0.103. The maximum absolute atomic E-state index is 12.4. The van der Waals surface area contributed by atoms with Gasteiger partial charge in [-0.25, -0.2) is 0 Å². The molecule has 3 aromatic rings. The number of hydrogen-bond acceptors (Lipinski definition) is 4. The van der Waals surface area contributed by atoms with Crippen LogP contribution in [0, 0.1) is 3.57 Å². The lowest BCUT2D eigenvalue weighted by atomic mass is 10.1. The number of hydrogen-bond donors (Lipinski definition) is 1. The van der Waals surface area contributed by atoms with Gasteiger partial charge in [0.15, 0.2) is 0 Å². The van der Waals surface area contributed by atoms with Crippen molar-refractivity contribution in [1.29, 1.82) is 0 Å². The largest absolute Gasteiger partial charge is 0.321 e. The summed E-state index contributed by atoms with van der Waals surface area (Å²) in [6, 6.07) is 17.2. The van der Waals surface area contributed by atoms with Gasteiger partial charge in [0.25, 0.3) is 5.91 Å². The van der Waals surface area contributed by atoms with Gasteiger partial charge >= 0.3 is 0 Å². The van der Waals surface area contributed by atoms with E-state index in [4.69, 9.17) is 0 Å². The third kappa shape index (κ3) is 3.27. The van der Waals surface area contributed by atoms with Gasteiger partial charge in [-0.1, -0.05) is 34.8 Å². The Morgan fingerprint density at radius 2 is 1.76 bits per heavy atom. The van der Waals surface area contributed by atoms with Crippen molar-refractivity contribution in [2.75, 3.05) is 5.32 Å². The molecule has 1 N–H and O–H groups in total. The molecule has 0 saturated heterocycles. The van der Waals surface area contributed by atoms with E-state index in [1.165, 1.54) is 0 Å². The molecule has 2 aromatic carbocycles. The normalized spacial score (nSPS) is 10.3. The van der Waals surface area contributed by atoms with Crippen molar-refractivity contribution in [1.82, 2.24) is 9.59 Å². The number of rotatable bonds is 3. The molecular weight excluding hydrogens is 397 g/mol. The number of benzene rings is 2. The van der Waals surface area contributed by atoms with Crippen molar-refractivity contribution < 1.29 is 4.79 Å². The molecule has 0 fully saturated rings. The van der Waals surface area contributed by atoms with E-state index in [-0.39, 0.29) is 5.91 Å². The Kier molecular flexibility index (Phi) is 4.26. The summed E-state index contributed by atoms with van der Waals surface area (Å²) in [6.07, 6.45) is 0. The third-order valence-electron chi connectivity index (χ3n) is 2.84. The minimum absolute atomic E-state index is 0.190. The zero-order valence-electron chi connectivity index (χ0n) is 10.8. The van der Waals surface area contributed by atoms with Crippen LogP contribution in [0.4, 0.5) is 5.69 Å². The van der Waals surface area contributed by atoms with Crippen molar-refractivity contribution in [3.05, 3.63) is 63.0 Å². The first-order valence-corrected chi connectivity index (χ1v) is 8.04. The van der Waals surface area contributed by atoms with E-state index < -0.39 is 0 Å². The highest BCUT2D eigenvalue weighted by molar-refractivity contribution is 14.1. The molecule has 21 heavy (non-hydrogen) atoms.